The second-order valence-corrected chi connectivity index (χ2v) is 6.34. The molecule has 17 heavy (non-hydrogen) atoms. The van der Waals surface area contributed by atoms with Crippen molar-refractivity contribution in [2.75, 3.05) is 26.2 Å². The zero-order chi connectivity index (χ0) is 12.3. The van der Waals surface area contributed by atoms with Crippen molar-refractivity contribution in [3.05, 3.63) is 20.3 Å². The molecule has 2 rings (SSSR count). The molecule has 1 amide bonds. The number of ether oxygens (including phenoxy) is 1. The largest absolute Gasteiger partial charge is 0.374 e. The van der Waals surface area contributed by atoms with Gasteiger partial charge in [-0.1, -0.05) is 0 Å². The van der Waals surface area contributed by atoms with E-state index in [2.05, 4.69) is 26.6 Å². The first-order valence-electron chi connectivity index (χ1n) is 5.53. The predicted octanol–water partition coefficient (Wildman–Crippen LogP) is 1.54. The van der Waals surface area contributed by atoms with E-state index in [9.17, 15) is 4.79 Å². The van der Waals surface area contributed by atoms with Crippen LogP contribution in [0.2, 0.25) is 0 Å². The summed E-state index contributed by atoms with van der Waals surface area (Å²) in [5.41, 5.74) is 1.09. The first kappa shape index (κ1) is 13.0. The Morgan fingerprint density at radius 1 is 1.76 bits per heavy atom. The summed E-state index contributed by atoms with van der Waals surface area (Å²) in [7, 11) is 0. The Labute approximate surface area is 113 Å². The van der Waals surface area contributed by atoms with E-state index in [4.69, 9.17) is 4.74 Å². The van der Waals surface area contributed by atoms with E-state index in [1.165, 1.54) is 11.3 Å². The van der Waals surface area contributed by atoms with E-state index >= 15 is 0 Å². The van der Waals surface area contributed by atoms with Gasteiger partial charge in [0.15, 0.2) is 0 Å². The van der Waals surface area contributed by atoms with Crippen LogP contribution >= 0.6 is 27.3 Å². The number of carbonyl (C=O) groups is 1. The molecule has 1 atom stereocenters. The molecule has 1 aliphatic heterocycles. The van der Waals surface area contributed by atoms with Crippen LogP contribution < -0.4 is 10.6 Å². The summed E-state index contributed by atoms with van der Waals surface area (Å²) in [5.74, 6) is -0.0297. The van der Waals surface area contributed by atoms with Gasteiger partial charge in [-0.05, 0) is 34.5 Å². The van der Waals surface area contributed by atoms with Crippen LogP contribution in [0.5, 0.6) is 0 Å². The molecule has 1 aromatic heterocycles. The molecule has 1 fully saturated rings. The minimum absolute atomic E-state index is 0.0297. The van der Waals surface area contributed by atoms with Gasteiger partial charge >= 0.3 is 0 Å². The van der Waals surface area contributed by atoms with E-state index in [-0.39, 0.29) is 12.0 Å². The second-order valence-electron chi connectivity index (χ2n) is 3.97. The summed E-state index contributed by atoms with van der Waals surface area (Å²) in [6.07, 6.45) is 0.0807. The molecule has 0 aromatic carbocycles. The quantitative estimate of drug-likeness (QED) is 0.888. The molecule has 0 spiro atoms. The molecule has 0 radical (unpaired) electrons. The molecule has 0 aliphatic carbocycles. The van der Waals surface area contributed by atoms with E-state index in [0.29, 0.717) is 13.2 Å². The van der Waals surface area contributed by atoms with Gasteiger partial charge in [0.25, 0.3) is 5.91 Å². The SMILES string of the molecule is Cc1cc(C(=O)NCC2CNCCO2)sc1Br. The zero-order valence-corrected chi connectivity index (χ0v) is 12.0. The van der Waals surface area contributed by atoms with Crippen molar-refractivity contribution < 1.29 is 9.53 Å². The van der Waals surface area contributed by atoms with Crippen LogP contribution in [0.15, 0.2) is 9.85 Å². The fraction of sp³-hybridized carbons (Fsp3) is 0.545. The third-order valence-electron chi connectivity index (χ3n) is 2.58. The first-order chi connectivity index (χ1) is 8.16. The lowest BCUT2D eigenvalue weighted by atomic mass is 10.3. The maximum atomic E-state index is 11.9. The molecule has 1 saturated heterocycles. The summed E-state index contributed by atoms with van der Waals surface area (Å²) in [6, 6.07) is 1.89. The van der Waals surface area contributed by atoms with Crippen molar-refractivity contribution in [3.8, 4) is 0 Å². The number of aryl methyl sites for hydroxylation is 1. The molecular formula is C11H15BrN2O2S. The fourth-order valence-corrected chi connectivity index (χ4v) is 3.07. The van der Waals surface area contributed by atoms with Gasteiger partial charge in [0.1, 0.15) is 0 Å². The molecule has 0 saturated carbocycles. The third kappa shape index (κ3) is 3.51. The molecule has 1 unspecified atom stereocenters. The highest BCUT2D eigenvalue weighted by Gasteiger charge is 2.16. The molecular weight excluding hydrogens is 304 g/mol. The van der Waals surface area contributed by atoms with Crippen molar-refractivity contribution in [1.82, 2.24) is 10.6 Å². The van der Waals surface area contributed by atoms with Crippen LogP contribution in [0.3, 0.4) is 0 Å². The molecule has 1 aromatic rings. The molecule has 1 aliphatic rings. The van der Waals surface area contributed by atoms with Gasteiger partial charge in [-0.25, -0.2) is 0 Å². The third-order valence-corrected chi connectivity index (χ3v) is 4.71. The van der Waals surface area contributed by atoms with Crippen molar-refractivity contribution in [2.45, 2.75) is 13.0 Å². The summed E-state index contributed by atoms with van der Waals surface area (Å²) >= 11 is 4.87. The van der Waals surface area contributed by atoms with Gasteiger partial charge in [-0.2, -0.15) is 0 Å². The van der Waals surface area contributed by atoms with E-state index in [1.54, 1.807) is 0 Å². The average molecular weight is 319 g/mol. The topological polar surface area (TPSA) is 50.4 Å². The Morgan fingerprint density at radius 2 is 2.59 bits per heavy atom. The summed E-state index contributed by atoms with van der Waals surface area (Å²) < 4.78 is 6.52. The molecule has 2 heterocycles. The number of hydrogen-bond acceptors (Lipinski definition) is 4. The van der Waals surface area contributed by atoms with Gasteiger partial charge in [0.2, 0.25) is 0 Å². The van der Waals surface area contributed by atoms with Gasteiger partial charge in [0.05, 0.1) is 21.4 Å². The minimum Gasteiger partial charge on any atom is -0.374 e. The van der Waals surface area contributed by atoms with Crippen LogP contribution in [-0.2, 0) is 4.74 Å². The number of amides is 1. The van der Waals surface area contributed by atoms with Gasteiger partial charge < -0.3 is 15.4 Å². The second kappa shape index (κ2) is 5.95. The Bertz CT molecular complexity index is 383. The standard InChI is InChI=1S/C11H15BrN2O2S/c1-7-4-9(17-10(7)12)11(15)14-6-8-5-13-2-3-16-8/h4,8,13H,2-3,5-6H2,1H3,(H,14,15). The van der Waals surface area contributed by atoms with Crippen LogP contribution in [0.1, 0.15) is 15.2 Å². The monoisotopic (exact) mass is 318 g/mol. The predicted molar refractivity (Wildman–Crippen MR) is 71.7 cm³/mol. The fourth-order valence-electron chi connectivity index (χ4n) is 1.62. The smallest absolute Gasteiger partial charge is 0.261 e. The number of thiophene rings is 1. The molecule has 94 valence electrons. The van der Waals surface area contributed by atoms with E-state index in [1.807, 2.05) is 13.0 Å². The van der Waals surface area contributed by atoms with Crippen molar-refractivity contribution >= 4 is 33.2 Å². The number of halogens is 1. The van der Waals surface area contributed by atoms with E-state index in [0.717, 1.165) is 27.3 Å². The summed E-state index contributed by atoms with van der Waals surface area (Å²) in [5, 5.41) is 6.13. The first-order valence-corrected chi connectivity index (χ1v) is 7.14. The lowest BCUT2D eigenvalue weighted by Gasteiger charge is -2.23. The van der Waals surface area contributed by atoms with Gasteiger partial charge in [-0.3, -0.25) is 4.79 Å². The Balaban J connectivity index is 1.84. The van der Waals surface area contributed by atoms with E-state index < -0.39 is 0 Å². The molecule has 6 heteroatoms. The van der Waals surface area contributed by atoms with Crippen molar-refractivity contribution in [2.24, 2.45) is 0 Å². The van der Waals surface area contributed by atoms with Gasteiger partial charge in [0, 0.05) is 19.6 Å². The minimum atomic E-state index is -0.0297. The Hall–Kier alpha value is -0.430. The van der Waals surface area contributed by atoms with Gasteiger partial charge in [-0.15, -0.1) is 11.3 Å². The van der Waals surface area contributed by atoms with Crippen LogP contribution in [0.25, 0.3) is 0 Å². The maximum Gasteiger partial charge on any atom is 0.261 e. The van der Waals surface area contributed by atoms with Crippen LogP contribution in [0.4, 0.5) is 0 Å². The average Bonchev–Trinajstić information content (AvgIpc) is 2.68. The molecule has 0 bridgehead atoms. The summed E-state index contributed by atoms with van der Waals surface area (Å²) in [4.78, 5) is 12.6. The van der Waals surface area contributed by atoms with Crippen LogP contribution in [0, 0.1) is 6.92 Å². The highest BCUT2D eigenvalue weighted by Crippen LogP contribution is 2.27. The highest BCUT2D eigenvalue weighted by atomic mass is 79.9. The van der Waals surface area contributed by atoms with Crippen molar-refractivity contribution in [3.63, 3.8) is 0 Å². The highest BCUT2D eigenvalue weighted by molar-refractivity contribution is 9.11. The van der Waals surface area contributed by atoms with Crippen molar-refractivity contribution in [1.29, 1.82) is 0 Å². The molecule has 4 nitrogen and oxygen atoms in total. The summed E-state index contributed by atoms with van der Waals surface area (Å²) in [6.45, 7) is 4.94. The zero-order valence-electron chi connectivity index (χ0n) is 9.59. The number of rotatable bonds is 3. The lowest BCUT2D eigenvalue weighted by molar-refractivity contribution is 0.0287. The Kier molecular flexibility index (Phi) is 4.55. The lowest BCUT2D eigenvalue weighted by Crippen LogP contribution is -2.45. The number of morpholine rings is 1. The van der Waals surface area contributed by atoms with Crippen LogP contribution in [-0.4, -0.2) is 38.3 Å². The normalized spacial score (nSPS) is 20.2. The Morgan fingerprint density at radius 3 is 3.18 bits per heavy atom. The number of hydrogen-bond donors (Lipinski definition) is 2. The molecule has 2 N–H and O–H groups in total. The maximum absolute atomic E-state index is 11.9. The number of carbonyl (C=O) groups excluding carboxylic acids is 1. The number of nitrogens with one attached hydrogen (secondary N) is 2.